The van der Waals surface area contributed by atoms with Crippen LogP contribution >= 0.6 is 0 Å². The summed E-state index contributed by atoms with van der Waals surface area (Å²) in [5.41, 5.74) is 0. The molecule has 0 bridgehead atoms. The lowest BCUT2D eigenvalue weighted by Crippen LogP contribution is -2.29. The SMILES string of the molecule is C1CCC1.C1CCC1.C1CCCCC1.CCC(CC)CC1CCC(C(C)C2CCC(CC3CCC(C)CC3)CC2)CC1. The van der Waals surface area contributed by atoms with Crippen LogP contribution in [-0.4, -0.2) is 0 Å². The second-order valence-electron chi connectivity index (χ2n) is 16.7. The van der Waals surface area contributed by atoms with Crippen molar-refractivity contribution in [2.24, 2.45) is 47.3 Å². The maximum Gasteiger partial charge on any atom is -0.0386 e. The van der Waals surface area contributed by atoms with Crippen LogP contribution in [0.5, 0.6) is 0 Å². The predicted octanol–water partition coefficient (Wildman–Crippen LogP) is 14.7. The summed E-state index contributed by atoms with van der Waals surface area (Å²) in [7, 11) is 0. The van der Waals surface area contributed by atoms with Gasteiger partial charge in [0.05, 0.1) is 0 Å². The molecule has 6 saturated carbocycles. The molecule has 0 spiro atoms. The van der Waals surface area contributed by atoms with Crippen molar-refractivity contribution >= 4 is 0 Å². The van der Waals surface area contributed by atoms with Gasteiger partial charge >= 0.3 is 0 Å². The summed E-state index contributed by atoms with van der Waals surface area (Å²) in [5.74, 6) is 8.35. The fraction of sp³-hybridized carbons (Fsp3) is 1.00. The molecular formula is C42H80. The van der Waals surface area contributed by atoms with E-state index in [9.17, 15) is 0 Å². The molecule has 0 radical (unpaired) electrons. The molecule has 0 aromatic heterocycles. The van der Waals surface area contributed by atoms with E-state index in [-0.39, 0.29) is 0 Å². The zero-order valence-corrected chi connectivity index (χ0v) is 29.8. The molecule has 42 heavy (non-hydrogen) atoms. The smallest absolute Gasteiger partial charge is 0.0386 e. The van der Waals surface area contributed by atoms with Crippen LogP contribution in [0, 0.1) is 47.3 Å². The Balaban J connectivity index is 0.000000277. The van der Waals surface area contributed by atoms with E-state index in [4.69, 9.17) is 0 Å². The first-order valence-electron chi connectivity index (χ1n) is 20.6. The van der Waals surface area contributed by atoms with Crippen molar-refractivity contribution in [3.8, 4) is 0 Å². The number of hydrogen-bond donors (Lipinski definition) is 0. The Bertz CT molecular complexity index is 554. The Morgan fingerprint density at radius 1 is 0.429 bits per heavy atom. The maximum absolute atomic E-state index is 2.64. The van der Waals surface area contributed by atoms with E-state index in [1.54, 1.807) is 57.8 Å². The Morgan fingerprint density at radius 2 is 0.738 bits per heavy atom. The Kier molecular flexibility index (Phi) is 19.5. The lowest BCUT2D eigenvalue weighted by Gasteiger charge is -2.40. The molecule has 0 aliphatic heterocycles. The summed E-state index contributed by atoms with van der Waals surface area (Å²) in [6.45, 7) is 9.89. The summed E-state index contributed by atoms with van der Waals surface area (Å²) in [6, 6.07) is 0. The number of hydrogen-bond acceptors (Lipinski definition) is 0. The first-order valence-corrected chi connectivity index (χ1v) is 20.6. The lowest BCUT2D eigenvalue weighted by molar-refractivity contribution is 0.109. The van der Waals surface area contributed by atoms with Gasteiger partial charge in [0.1, 0.15) is 0 Å². The minimum atomic E-state index is 1.00. The second-order valence-corrected chi connectivity index (χ2v) is 16.7. The maximum atomic E-state index is 2.64. The molecule has 0 heterocycles. The molecule has 0 aromatic carbocycles. The van der Waals surface area contributed by atoms with E-state index >= 15 is 0 Å². The highest BCUT2D eigenvalue weighted by molar-refractivity contribution is 4.84. The average Bonchev–Trinajstić information content (AvgIpc) is 2.97. The Labute approximate surface area is 267 Å². The summed E-state index contributed by atoms with van der Waals surface area (Å²) in [4.78, 5) is 0. The highest BCUT2D eigenvalue weighted by Gasteiger charge is 2.33. The molecule has 0 heteroatoms. The van der Waals surface area contributed by atoms with E-state index in [1.807, 2.05) is 0 Å². The van der Waals surface area contributed by atoms with Gasteiger partial charge in [-0.05, 0) is 85.9 Å². The van der Waals surface area contributed by atoms with Gasteiger partial charge in [0, 0.05) is 0 Å². The van der Waals surface area contributed by atoms with Gasteiger partial charge in [-0.3, -0.25) is 0 Å². The zero-order valence-electron chi connectivity index (χ0n) is 29.8. The van der Waals surface area contributed by atoms with Crippen LogP contribution in [0.1, 0.15) is 220 Å². The fourth-order valence-electron chi connectivity index (χ4n) is 8.97. The molecule has 248 valence electrons. The van der Waals surface area contributed by atoms with Crippen LogP contribution in [0.25, 0.3) is 0 Å². The van der Waals surface area contributed by atoms with Crippen molar-refractivity contribution in [2.45, 2.75) is 220 Å². The molecule has 6 fully saturated rings. The topological polar surface area (TPSA) is 0 Å². The van der Waals surface area contributed by atoms with Crippen molar-refractivity contribution < 1.29 is 0 Å². The summed E-state index contributed by atoms with van der Waals surface area (Å²) < 4.78 is 0. The van der Waals surface area contributed by atoms with E-state index in [1.165, 1.54) is 135 Å². The third-order valence-corrected chi connectivity index (χ3v) is 13.4. The quantitative estimate of drug-likeness (QED) is 0.266. The van der Waals surface area contributed by atoms with Crippen LogP contribution < -0.4 is 0 Å². The molecule has 1 unspecified atom stereocenters. The summed E-state index contributed by atoms with van der Waals surface area (Å²) in [5, 5.41) is 0. The molecule has 6 rings (SSSR count). The highest BCUT2D eigenvalue weighted by atomic mass is 14.4. The third kappa shape index (κ3) is 14.9. The predicted molar refractivity (Wildman–Crippen MR) is 189 cm³/mol. The van der Waals surface area contributed by atoms with Gasteiger partial charge < -0.3 is 0 Å². The van der Waals surface area contributed by atoms with Crippen LogP contribution in [0.3, 0.4) is 0 Å². The van der Waals surface area contributed by atoms with Crippen molar-refractivity contribution in [1.29, 1.82) is 0 Å². The third-order valence-electron chi connectivity index (χ3n) is 13.4. The van der Waals surface area contributed by atoms with E-state index in [2.05, 4.69) is 27.7 Å². The van der Waals surface area contributed by atoms with E-state index in [0.717, 1.165) is 47.3 Å². The molecule has 1 atom stereocenters. The van der Waals surface area contributed by atoms with Crippen LogP contribution in [0.15, 0.2) is 0 Å². The van der Waals surface area contributed by atoms with Crippen molar-refractivity contribution in [2.75, 3.05) is 0 Å². The lowest BCUT2D eigenvalue weighted by atomic mass is 9.65. The van der Waals surface area contributed by atoms with Gasteiger partial charge in [0.2, 0.25) is 0 Å². The van der Waals surface area contributed by atoms with Crippen molar-refractivity contribution in [3.63, 3.8) is 0 Å². The van der Waals surface area contributed by atoms with Crippen molar-refractivity contribution in [3.05, 3.63) is 0 Å². The van der Waals surface area contributed by atoms with Gasteiger partial charge in [0.25, 0.3) is 0 Å². The summed E-state index contributed by atoms with van der Waals surface area (Å²) >= 11 is 0. The minimum Gasteiger partial charge on any atom is -0.0651 e. The molecule has 0 saturated heterocycles. The van der Waals surface area contributed by atoms with Gasteiger partial charge in [-0.2, -0.15) is 0 Å². The van der Waals surface area contributed by atoms with Gasteiger partial charge in [-0.15, -0.1) is 0 Å². The molecule has 0 aromatic rings. The summed E-state index contributed by atoms with van der Waals surface area (Å²) in [6.07, 6.45) is 45.4. The first kappa shape index (κ1) is 36.5. The normalized spacial score (nSPS) is 33.6. The largest absolute Gasteiger partial charge is 0.0651 e. The van der Waals surface area contributed by atoms with Gasteiger partial charge in [-0.1, -0.05) is 182 Å². The standard InChI is InChI=1S/C28H52.C6H12.2C4H8/c1-5-23(6-2)19-25-11-15-27(16-12-25)22(4)28-17-13-26(14-18-28)20-24-9-7-21(3)8-10-24;1-2-4-6-5-3-1;2*1-2-4-3-1/h21-28H,5-20H2,1-4H3;1-6H2;2*1-4H2. The van der Waals surface area contributed by atoms with Crippen molar-refractivity contribution in [1.82, 2.24) is 0 Å². The van der Waals surface area contributed by atoms with Crippen LogP contribution in [0.4, 0.5) is 0 Å². The fourth-order valence-corrected chi connectivity index (χ4v) is 8.97. The molecule has 0 amide bonds. The van der Waals surface area contributed by atoms with E-state index < -0.39 is 0 Å². The highest BCUT2D eigenvalue weighted by Crippen LogP contribution is 2.45. The minimum absolute atomic E-state index is 1.00. The van der Waals surface area contributed by atoms with E-state index in [0.29, 0.717) is 0 Å². The monoisotopic (exact) mass is 585 g/mol. The Hall–Kier alpha value is 0. The van der Waals surface area contributed by atoms with Gasteiger partial charge in [0.15, 0.2) is 0 Å². The molecule has 6 aliphatic carbocycles. The molecular weight excluding hydrogens is 504 g/mol. The van der Waals surface area contributed by atoms with Gasteiger partial charge in [-0.25, -0.2) is 0 Å². The molecule has 0 nitrogen and oxygen atoms in total. The van der Waals surface area contributed by atoms with Crippen LogP contribution in [0.2, 0.25) is 0 Å². The average molecular weight is 585 g/mol. The van der Waals surface area contributed by atoms with Crippen LogP contribution in [-0.2, 0) is 0 Å². The Morgan fingerprint density at radius 3 is 1.07 bits per heavy atom. The zero-order chi connectivity index (χ0) is 29.8. The first-order chi connectivity index (χ1) is 20.6. The number of rotatable bonds is 8. The second kappa shape index (κ2) is 22.5. The molecule has 6 aliphatic rings. The molecule has 0 N–H and O–H groups in total.